The molecule has 10 heteroatoms. The Morgan fingerprint density at radius 1 is 0.829 bits per heavy atom. The van der Waals surface area contributed by atoms with E-state index in [1.165, 1.54) is 25.1 Å². The predicted octanol–water partition coefficient (Wildman–Crippen LogP) is 4.34. The molecule has 180 valence electrons. The van der Waals surface area contributed by atoms with Crippen LogP contribution in [0.2, 0.25) is 0 Å². The summed E-state index contributed by atoms with van der Waals surface area (Å²) in [5, 5.41) is 0. The van der Waals surface area contributed by atoms with Crippen LogP contribution in [0, 0.1) is 18.6 Å². The molecule has 0 aliphatic carbocycles. The van der Waals surface area contributed by atoms with Crippen LogP contribution >= 0.6 is 0 Å². The Morgan fingerprint density at radius 2 is 1.46 bits per heavy atom. The summed E-state index contributed by atoms with van der Waals surface area (Å²) in [5.74, 6) is -0.318. The molecule has 7 nitrogen and oxygen atoms in total. The van der Waals surface area contributed by atoms with Crippen molar-refractivity contribution in [3.63, 3.8) is 0 Å². The molecule has 1 aliphatic rings. The molecule has 0 spiro atoms. The molecule has 35 heavy (non-hydrogen) atoms. The smallest absolute Gasteiger partial charge is 0.263 e. The number of rotatable bonds is 5. The lowest BCUT2D eigenvalue weighted by Gasteiger charge is -2.37. The number of nitrogens with one attached hydrogen (secondary N) is 1. The first kappa shape index (κ1) is 23.0. The molecule has 0 saturated carbocycles. The maximum absolute atomic E-state index is 14.3. The van der Waals surface area contributed by atoms with Crippen LogP contribution in [-0.2, 0) is 10.0 Å². The molecule has 1 aromatic heterocycles. The summed E-state index contributed by atoms with van der Waals surface area (Å²) in [6.07, 6.45) is 0. The van der Waals surface area contributed by atoms with Crippen molar-refractivity contribution in [2.45, 2.75) is 11.8 Å². The van der Waals surface area contributed by atoms with Crippen molar-refractivity contribution in [3.05, 3.63) is 83.9 Å². The Kier molecular flexibility index (Phi) is 5.98. The summed E-state index contributed by atoms with van der Waals surface area (Å²) in [6, 6.07) is 17.3. The Balaban J connectivity index is 1.48. The van der Waals surface area contributed by atoms with Gasteiger partial charge in [-0.05, 0) is 55.0 Å². The van der Waals surface area contributed by atoms with Gasteiger partial charge in [-0.3, -0.25) is 4.72 Å². The third kappa shape index (κ3) is 4.61. The van der Waals surface area contributed by atoms with Crippen LogP contribution in [-0.4, -0.2) is 44.6 Å². The highest BCUT2D eigenvalue weighted by Gasteiger charge is 2.26. The second-order valence-electron chi connectivity index (χ2n) is 8.33. The van der Waals surface area contributed by atoms with Crippen LogP contribution in [0.25, 0.3) is 11.0 Å². The summed E-state index contributed by atoms with van der Waals surface area (Å²) < 4.78 is 56.8. The Bertz CT molecular complexity index is 1510. The molecule has 3 aromatic carbocycles. The average Bonchev–Trinajstić information content (AvgIpc) is 2.83. The van der Waals surface area contributed by atoms with E-state index in [2.05, 4.69) is 9.71 Å². The standard InChI is InChI=1S/C25H23F2N5O2S/c1-17-16-18(26)10-11-23(17)35(33,34)30-24-25(29-21-8-4-3-7-20(21)28-24)32-14-12-31(13-15-32)22-9-5-2-6-19(22)27/h2-11,16H,12-15H2,1H3,(H,28,30). The lowest BCUT2D eigenvalue weighted by molar-refractivity contribution is 0.594. The maximum atomic E-state index is 14.3. The second kappa shape index (κ2) is 9.10. The third-order valence-electron chi connectivity index (χ3n) is 5.98. The fourth-order valence-electron chi connectivity index (χ4n) is 4.24. The zero-order valence-corrected chi connectivity index (χ0v) is 19.8. The van der Waals surface area contributed by atoms with Gasteiger partial charge >= 0.3 is 0 Å². The van der Waals surface area contributed by atoms with E-state index in [0.29, 0.717) is 48.7 Å². The van der Waals surface area contributed by atoms with E-state index in [4.69, 9.17) is 4.98 Å². The number of piperazine rings is 1. The summed E-state index contributed by atoms with van der Waals surface area (Å²) >= 11 is 0. The fourth-order valence-corrected chi connectivity index (χ4v) is 5.48. The summed E-state index contributed by atoms with van der Waals surface area (Å²) in [6.45, 7) is 3.57. The van der Waals surface area contributed by atoms with E-state index in [-0.39, 0.29) is 22.1 Å². The SMILES string of the molecule is Cc1cc(F)ccc1S(=O)(=O)Nc1nc2ccccc2nc1N1CCN(c2ccccc2F)CC1. The number of anilines is 3. The fraction of sp³-hybridized carbons (Fsp3) is 0.200. The van der Waals surface area contributed by atoms with Gasteiger partial charge in [-0.15, -0.1) is 0 Å². The largest absolute Gasteiger partial charge is 0.366 e. The molecule has 0 radical (unpaired) electrons. The molecular formula is C25H23F2N5O2S. The molecule has 0 atom stereocenters. The zero-order valence-electron chi connectivity index (χ0n) is 18.9. The van der Waals surface area contributed by atoms with Crippen molar-refractivity contribution >= 4 is 38.4 Å². The molecule has 1 N–H and O–H groups in total. The van der Waals surface area contributed by atoms with Gasteiger partial charge in [0.05, 0.1) is 21.6 Å². The molecule has 1 fully saturated rings. The highest BCUT2D eigenvalue weighted by Crippen LogP contribution is 2.30. The molecule has 4 aromatic rings. The third-order valence-corrected chi connectivity index (χ3v) is 7.48. The monoisotopic (exact) mass is 495 g/mol. The molecule has 0 unspecified atom stereocenters. The number of benzene rings is 3. The van der Waals surface area contributed by atoms with Crippen molar-refractivity contribution in [2.24, 2.45) is 0 Å². The van der Waals surface area contributed by atoms with Crippen molar-refractivity contribution in [2.75, 3.05) is 40.7 Å². The highest BCUT2D eigenvalue weighted by atomic mass is 32.2. The Morgan fingerprint density at radius 3 is 2.14 bits per heavy atom. The number of sulfonamides is 1. The van der Waals surface area contributed by atoms with E-state index in [1.807, 2.05) is 21.9 Å². The lowest BCUT2D eigenvalue weighted by Crippen LogP contribution is -2.47. The van der Waals surface area contributed by atoms with Gasteiger partial charge in [0.25, 0.3) is 10.0 Å². The normalized spacial score (nSPS) is 14.4. The van der Waals surface area contributed by atoms with Gasteiger partial charge in [0, 0.05) is 26.2 Å². The second-order valence-corrected chi connectivity index (χ2v) is 9.98. The van der Waals surface area contributed by atoms with Gasteiger partial charge in [-0.1, -0.05) is 24.3 Å². The lowest BCUT2D eigenvalue weighted by atomic mass is 10.2. The first-order valence-corrected chi connectivity index (χ1v) is 12.6. The molecule has 5 rings (SSSR count). The minimum absolute atomic E-state index is 0.0378. The van der Waals surface area contributed by atoms with Crippen LogP contribution in [0.5, 0.6) is 0 Å². The van der Waals surface area contributed by atoms with Crippen molar-refractivity contribution in [1.82, 2.24) is 9.97 Å². The van der Waals surface area contributed by atoms with Crippen molar-refractivity contribution in [3.8, 4) is 0 Å². The zero-order chi connectivity index (χ0) is 24.6. The quantitative estimate of drug-likeness (QED) is 0.444. The molecule has 2 heterocycles. The molecule has 0 amide bonds. The number of halogens is 2. The van der Waals surface area contributed by atoms with Crippen LogP contribution in [0.3, 0.4) is 0 Å². The van der Waals surface area contributed by atoms with E-state index in [0.717, 1.165) is 6.07 Å². The summed E-state index contributed by atoms with van der Waals surface area (Å²) in [4.78, 5) is 13.1. The Hall–Kier alpha value is -3.79. The maximum Gasteiger partial charge on any atom is 0.263 e. The first-order valence-electron chi connectivity index (χ1n) is 11.1. The minimum atomic E-state index is -4.06. The van der Waals surface area contributed by atoms with Crippen LogP contribution in [0.15, 0.2) is 71.6 Å². The predicted molar refractivity (Wildman–Crippen MR) is 132 cm³/mol. The van der Waals surface area contributed by atoms with Crippen LogP contribution in [0.1, 0.15) is 5.56 Å². The van der Waals surface area contributed by atoms with E-state index in [9.17, 15) is 17.2 Å². The van der Waals surface area contributed by atoms with E-state index < -0.39 is 15.8 Å². The van der Waals surface area contributed by atoms with Gasteiger partial charge in [0.15, 0.2) is 11.6 Å². The average molecular weight is 496 g/mol. The van der Waals surface area contributed by atoms with Gasteiger partial charge in [-0.25, -0.2) is 27.2 Å². The number of nitrogens with zero attached hydrogens (tertiary/aromatic N) is 4. The van der Waals surface area contributed by atoms with Gasteiger partial charge in [0.2, 0.25) is 0 Å². The molecule has 1 saturated heterocycles. The number of fused-ring (bicyclic) bond motifs is 1. The summed E-state index contributed by atoms with van der Waals surface area (Å²) in [7, 11) is -4.06. The number of hydrogen-bond donors (Lipinski definition) is 1. The number of aromatic nitrogens is 2. The van der Waals surface area contributed by atoms with E-state index >= 15 is 0 Å². The van der Waals surface area contributed by atoms with Crippen molar-refractivity contribution in [1.29, 1.82) is 0 Å². The number of aryl methyl sites for hydroxylation is 1. The van der Waals surface area contributed by atoms with E-state index in [1.54, 1.807) is 30.3 Å². The highest BCUT2D eigenvalue weighted by molar-refractivity contribution is 7.92. The Labute approximate surface area is 202 Å². The molecular weight excluding hydrogens is 472 g/mol. The van der Waals surface area contributed by atoms with Gasteiger partial charge < -0.3 is 9.80 Å². The summed E-state index contributed by atoms with van der Waals surface area (Å²) in [5.41, 5.74) is 1.98. The number of para-hydroxylation sites is 3. The van der Waals surface area contributed by atoms with Crippen LogP contribution in [0.4, 0.5) is 26.1 Å². The minimum Gasteiger partial charge on any atom is -0.366 e. The van der Waals surface area contributed by atoms with Crippen molar-refractivity contribution < 1.29 is 17.2 Å². The first-order chi connectivity index (χ1) is 16.8. The van der Waals surface area contributed by atoms with Gasteiger partial charge in [-0.2, -0.15) is 0 Å². The topological polar surface area (TPSA) is 78.4 Å². The van der Waals surface area contributed by atoms with Crippen LogP contribution < -0.4 is 14.5 Å². The molecule has 0 bridgehead atoms. The number of hydrogen-bond acceptors (Lipinski definition) is 6. The molecule has 1 aliphatic heterocycles. The van der Waals surface area contributed by atoms with Gasteiger partial charge in [0.1, 0.15) is 11.6 Å².